The summed E-state index contributed by atoms with van der Waals surface area (Å²) in [5.41, 5.74) is 1.80. The molecule has 0 radical (unpaired) electrons. The molecule has 1 aromatic carbocycles. The highest BCUT2D eigenvalue weighted by Crippen LogP contribution is 2.30. The molecular weight excluding hydrogens is 381 g/mol. The first kappa shape index (κ1) is 13.8. The van der Waals surface area contributed by atoms with Gasteiger partial charge in [-0.2, -0.15) is 0 Å². The van der Waals surface area contributed by atoms with Crippen molar-refractivity contribution in [3.63, 3.8) is 0 Å². The number of aromatic nitrogens is 2. The van der Waals surface area contributed by atoms with Crippen molar-refractivity contribution >= 4 is 49.3 Å². The third-order valence-corrected chi connectivity index (χ3v) is 4.59. The van der Waals surface area contributed by atoms with Crippen LogP contribution in [-0.2, 0) is 0 Å². The summed E-state index contributed by atoms with van der Waals surface area (Å²) in [6.45, 7) is 1.93. The van der Waals surface area contributed by atoms with Crippen molar-refractivity contribution in [1.29, 1.82) is 0 Å². The monoisotopic (exact) mass is 389 g/mol. The Morgan fingerprint density at radius 3 is 2.56 bits per heavy atom. The van der Waals surface area contributed by atoms with Crippen LogP contribution in [0.4, 0.5) is 5.82 Å². The van der Waals surface area contributed by atoms with Crippen LogP contribution in [0, 0.1) is 6.92 Å². The molecule has 0 bridgehead atoms. The molecule has 0 aliphatic carbocycles. The second-order valence-corrected chi connectivity index (χ2v) is 5.73. The minimum Gasteiger partial charge on any atom is -0.372 e. The minimum absolute atomic E-state index is 0.664. The number of aryl methyl sites for hydroxylation is 1. The van der Waals surface area contributed by atoms with Gasteiger partial charge in [0.1, 0.15) is 5.82 Å². The van der Waals surface area contributed by atoms with E-state index in [2.05, 4.69) is 47.1 Å². The van der Waals surface area contributed by atoms with Gasteiger partial charge >= 0.3 is 0 Å². The van der Waals surface area contributed by atoms with E-state index in [1.807, 2.05) is 32.2 Å². The molecule has 0 atom stereocenters. The molecule has 18 heavy (non-hydrogen) atoms. The standard InChI is InChI=1S/C12H10Br2ClN3/c1-6-10(14)12(16-2)18-11(17-6)7-3-4-9(15)8(13)5-7/h3-5H,1-2H3,(H,16,17,18). The second kappa shape index (κ2) is 5.55. The van der Waals surface area contributed by atoms with E-state index in [0.29, 0.717) is 10.8 Å². The molecule has 1 aromatic heterocycles. The number of nitrogens with zero attached hydrogens (tertiary/aromatic N) is 2. The van der Waals surface area contributed by atoms with Gasteiger partial charge in [-0.05, 0) is 57.0 Å². The second-order valence-electron chi connectivity index (χ2n) is 3.67. The van der Waals surface area contributed by atoms with Crippen molar-refractivity contribution < 1.29 is 0 Å². The summed E-state index contributed by atoms with van der Waals surface area (Å²) in [6, 6.07) is 5.63. The fourth-order valence-corrected chi connectivity index (χ4v) is 2.36. The summed E-state index contributed by atoms with van der Waals surface area (Å²) in [5.74, 6) is 1.43. The summed E-state index contributed by atoms with van der Waals surface area (Å²) < 4.78 is 1.71. The first-order chi connectivity index (χ1) is 8.52. The maximum Gasteiger partial charge on any atom is 0.161 e. The fourth-order valence-electron chi connectivity index (χ4n) is 1.49. The van der Waals surface area contributed by atoms with Crippen LogP contribution in [0.5, 0.6) is 0 Å². The van der Waals surface area contributed by atoms with Crippen molar-refractivity contribution in [3.8, 4) is 11.4 Å². The zero-order chi connectivity index (χ0) is 13.3. The number of anilines is 1. The zero-order valence-electron chi connectivity index (χ0n) is 9.76. The summed E-state index contributed by atoms with van der Waals surface area (Å²) >= 11 is 12.8. The third-order valence-electron chi connectivity index (χ3n) is 2.43. The molecule has 0 saturated carbocycles. The summed E-state index contributed by atoms with van der Waals surface area (Å²) in [7, 11) is 1.83. The lowest BCUT2D eigenvalue weighted by Gasteiger charge is -2.09. The van der Waals surface area contributed by atoms with Crippen LogP contribution >= 0.6 is 43.5 Å². The lowest BCUT2D eigenvalue weighted by molar-refractivity contribution is 1.09. The van der Waals surface area contributed by atoms with Gasteiger partial charge in [-0.15, -0.1) is 0 Å². The largest absolute Gasteiger partial charge is 0.372 e. The van der Waals surface area contributed by atoms with Gasteiger partial charge in [-0.1, -0.05) is 11.6 Å². The fraction of sp³-hybridized carbons (Fsp3) is 0.167. The van der Waals surface area contributed by atoms with E-state index in [1.165, 1.54) is 0 Å². The first-order valence-electron chi connectivity index (χ1n) is 5.20. The van der Waals surface area contributed by atoms with Crippen LogP contribution in [0.15, 0.2) is 27.1 Å². The Labute approximate surface area is 127 Å². The minimum atomic E-state index is 0.664. The third kappa shape index (κ3) is 2.68. The average Bonchev–Trinajstić information content (AvgIpc) is 2.36. The van der Waals surface area contributed by atoms with Gasteiger partial charge in [0, 0.05) is 17.1 Å². The number of halogens is 3. The van der Waals surface area contributed by atoms with Crippen molar-refractivity contribution in [2.75, 3.05) is 12.4 Å². The van der Waals surface area contributed by atoms with Crippen LogP contribution < -0.4 is 5.32 Å². The maximum atomic E-state index is 5.98. The Morgan fingerprint density at radius 2 is 1.94 bits per heavy atom. The first-order valence-corrected chi connectivity index (χ1v) is 7.16. The smallest absolute Gasteiger partial charge is 0.161 e. The van der Waals surface area contributed by atoms with E-state index in [-0.39, 0.29) is 0 Å². The Kier molecular flexibility index (Phi) is 4.25. The number of hydrogen-bond acceptors (Lipinski definition) is 3. The molecule has 94 valence electrons. The number of rotatable bonds is 2. The van der Waals surface area contributed by atoms with Gasteiger partial charge in [0.15, 0.2) is 5.82 Å². The Bertz CT molecular complexity index is 602. The maximum absolute atomic E-state index is 5.98. The molecule has 0 saturated heterocycles. The number of benzene rings is 1. The normalized spacial score (nSPS) is 10.5. The van der Waals surface area contributed by atoms with E-state index in [4.69, 9.17) is 11.6 Å². The van der Waals surface area contributed by atoms with Crippen molar-refractivity contribution in [2.24, 2.45) is 0 Å². The highest BCUT2D eigenvalue weighted by atomic mass is 79.9. The number of nitrogens with one attached hydrogen (secondary N) is 1. The lowest BCUT2D eigenvalue weighted by atomic mass is 10.2. The van der Waals surface area contributed by atoms with Gasteiger partial charge in [-0.25, -0.2) is 9.97 Å². The molecule has 2 rings (SSSR count). The lowest BCUT2D eigenvalue weighted by Crippen LogP contribution is -2.00. The molecule has 0 aliphatic heterocycles. The van der Waals surface area contributed by atoms with Gasteiger partial charge in [0.05, 0.1) is 15.2 Å². The number of hydrogen-bond donors (Lipinski definition) is 1. The Balaban J connectivity index is 2.57. The SMILES string of the molecule is CNc1nc(-c2ccc(Cl)c(Br)c2)nc(C)c1Br. The molecule has 3 nitrogen and oxygen atoms in total. The highest BCUT2D eigenvalue weighted by molar-refractivity contribution is 9.11. The van der Waals surface area contributed by atoms with Crippen LogP contribution in [-0.4, -0.2) is 17.0 Å². The van der Waals surface area contributed by atoms with E-state index in [9.17, 15) is 0 Å². The predicted molar refractivity (Wildman–Crippen MR) is 82.2 cm³/mol. The molecule has 0 aliphatic rings. The summed E-state index contributed by atoms with van der Waals surface area (Å²) in [4.78, 5) is 8.92. The topological polar surface area (TPSA) is 37.8 Å². The molecule has 1 heterocycles. The molecule has 2 aromatic rings. The highest BCUT2D eigenvalue weighted by Gasteiger charge is 2.10. The van der Waals surface area contributed by atoms with Gasteiger partial charge in [0.25, 0.3) is 0 Å². The Morgan fingerprint density at radius 1 is 1.22 bits per heavy atom. The van der Waals surface area contributed by atoms with Gasteiger partial charge in [-0.3, -0.25) is 0 Å². The molecule has 0 fully saturated rings. The van der Waals surface area contributed by atoms with Crippen molar-refractivity contribution in [1.82, 2.24) is 9.97 Å². The molecule has 1 N–H and O–H groups in total. The quantitative estimate of drug-likeness (QED) is 0.808. The molecule has 0 unspecified atom stereocenters. The van der Waals surface area contributed by atoms with E-state index < -0.39 is 0 Å². The van der Waals surface area contributed by atoms with Gasteiger partial charge < -0.3 is 5.32 Å². The van der Waals surface area contributed by atoms with Crippen LogP contribution in [0.3, 0.4) is 0 Å². The molecule has 0 amide bonds. The van der Waals surface area contributed by atoms with Gasteiger partial charge in [0.2, 0.25) is 0 Å². The van der Waals surface area contributed by atoms with Crippen LogP contribution in [0.25, 0.3) is 11.4 Å². The van der Waals surface area contributed by atoms with E-state index >= 15 is 0 Å². The van der Waals surface area contributed by atoms with E-state index in [1.54, 1.807) is 0 Å². The van der Waals surface area contributed by atoms with Crippen molar-refractivity contribution in [3.05, 3.63) is 37.9 Å². The predicted octanol–water partition coefficient (Wildman–Crippen LogP) is 4.67. The molecule has 6 heteroatoms. The van der Waals surface area contributed by atoms with Crippen LogP contribution in [0.2, 0.25) is 5.02 Å². The molecular formula is C12H10Br2ClN3. The van der Waals surface area contributed by atoms with Crippen LogP contribution in [0.1, 0.15) is 5.69 Å². The average molecular weight is 391 g/mol. The van der Waals surface area contributed by atoms with E-state index in [0.717, 1.165) is 26.0 Å². The summed E-state index contributed by atoms with van der Waals surface area (Å²) in [6.07, 6.45) is 0. The van der Waals surface area contributed by atoms with Crippen molar-refractivity contribution in [2.45, 2.75) is 6.92 Å². The Hall–Kier alpha value is -0.650. The molecule has 0 spiro atoms. The summed E-state index contributed by atoms with van der Waals surface area (Å²) in [5, 5.41) is 3.70. The zero-order valence-corrected chi connectivity index (χ0v) is 13.7.